The average Bonchev–Trinajstić information content (AvgIpc) is 3.07. The van der Waals surface area contributed by atoms with Gasteiger partial charge in [0, 0.05) is 31.1 Å². The van der Waals surface area contributed by atoms with Gasteiger partial charge in [-0.05, 0) is 29.7 Å². The van der Waals surface area contributed by atoms with E-state index < -0.39 is 22.4 Å². The molecule has 0 saturated heterocycles. The van der Waals surface area contributed by atoms with Crippen molar-refractivity contribution in [3.8, 4) is 5.75 Å². The number of esters is 1. The summed E-state index contributed by atoms with van der Waals surface area (Å²) in [6.45, 7) is 3.25. The van der Waals surface area contributed by atoms with Crippen molar-refractivity contribution in [2.24, 2.45) is 0 Å². The lowest BCUT2D eigenvalue weighted by molar-refractivity contribution is -0.274. The maximum Gasteiger partial charge on any atom is 0.573 e. The Balaban J connectivity index is 1.80. The molecule has 0 bridgehead atoms. The van der Waals surface area contributed by atoms with Gasteiger partial charge in [0.2, 0.25) is 0 Å². The van der Waals surface area contributed by atoms with Crippen molar-refractivity contribution in [3.05, 3.63) is 45.8 Å². The van der Waals surface area contributed by atoms with Gasteiger partial charge in [-0.25, -0.2) is 17.9 Å². The fourth-order valence-electron chi connectivity index (χ4n) is 3.37. The highest BCUT2D eigenvalue weighted by molar-refractivity contribution is 7.91. The van der Waals surface area contributed by atoms with E-state index in [1.54, 1.807) is 19.1 Å². The number of rotatable bonds is 7. The van der Waals surface area contributed by atoms with E-state index in [-0.39, 0.29) is 22.1 Å². The van der Waals surface area contributed by atoms with E-state index in [1.807, 2.05) is 4.90 Å². The molecule has 0 saturated carbocycles. The number of carbonyl (C=O) groups excluding carboxylic acids is 1. The molecule has 7 nitrogen and oxygen atoms in total. The standard InChI is InChI=1S/C19H21F3N2O5S2/c1-3-23-31(26,27)18-16(17(25)28-2)14-8-9-24(11-15(14)30-18)10-12-4-6-13(7-5-12)29-19(20,21)22/h4-7,23H,3,8-11H2,1-2H3. The summed E-state index contributed by atoms with van der Waals surface area (Å²) in [6, 6.07) is 5.59. The Morgan fingerprint density at radius 1 is 1.26 bits per heavy atom. The van der Waals surface area contributed by atoms with Gasteiger partial charge in [0.25, 0.3) is 10.0 Å². The lowest BCUT2D eigenvalue weighted by atomic mass is 10.0. The molecular weight excluding hydrogens is 457 g/mol. The first-order valence-corrected chi connectivity index (χ1v) is 11.6. The number of hydrogen-bond acceptors (Lipinski definition) is 7. The Kier molecular flexibility index (Phi) is 6.94. The fraction of sp³-hybridized carbons (Fsp3) is 0.421. The van der Waals surface area contributed by atoms with E-state index in [0.29, 0.717) is 31.6 Å². The minimum atomic E-state index is -4.74. The van der Waals surface area contributed by atoms with Crippen LogP contribution in [-0.4, -0.2) is 45.8 Å². The highest BCUT2D eigenvalue weighted by Gasteiger charge is 2.34. The van der Waals surface area contributed by atoms with E-state index >= 15 is 0 Å². The second kappa shape index (κ2) is 9.15. The molecule has 0 spiro atoms. The first-order valence-electron chi connectivity index (χ1n) is 9.33. The highest BCUT2D eigenvalue weighted by atomic mass is 32.2. The first-order chi connectivity index (χ1) is 14.5. The van der Waals surface area contributed by atoms with Crippen molar-refractivity contribution in [1.29, 1.82) is 0 Å². The molecule has 3 rings (SSSR count). The number of nitrogens with one attached hydrogen (secondary N) is 1. The zero-order valence-electron chi connectivity index (χ0n) is 16.8. The molecule has 1 aliphatic heterocycles. The zero-order valence-corrected chi connectivity index (χ0v) is 18.4. The monoisotopic (exact) mass is 478 g/mol. The molecular formula is C19H21F3N2O5S2. The normalized spacial score (nSPS) is 14.9. The number of methoxy groups -OCH3 is 1. The zero-order chi connectivity index (χ0) is 22.8. The van der Waals surface area contributed by atoms with Crippen LogP contribution in [0.5, 0.6) is 5.75 Å². The maximum atomic E-state index is 12.6. The van der Waals surface area contributed by atoms with Crippen LogP contribution in [0, 0.1) is 0 Å². The van der Waals surface area contributed by atoms with Crippen LogP contribution in [0.25, 0.3) is 0 Å². The number of halogens is 3. The molecule has 0 aliphatic carbocycles. The molecule has 31 heavy (non-hydrogen) atoms. The molecule has 1 aromatic heterocycles. The van der Waals surface area contributed by atoms with Gasteiger partial charge in [-0.2, -0.15) is 0 Å². The number of benzene rings is 1. The molecule has 2 heterocycles. The van der Waals surface area contributed by atoms with Crippen LogP contribution in [0.3, 0.4) is 0 Å². The van der Waals surface area contributed by atoms with Gasteiger partial charge in [0.05, 0.1) is 12.7 Å². The van der Waals surface area contributed by atoms with Crippen LogP contribution in [0.4, 0.5) is 13.2 Å². The van der Waals surface area contributed by atoms with Gasteiger partial charge in [0.1, 0.15) is 9.96 Å². The van der Waals surface area contributed by atoms with Gasteiger partial charge in [-0.15, -0.1) is 24.5 Å². The molecule has 1 N–H and O–H groups in total. The number of thiophene rings is 1. The number of carbonyl (C=O) groups is 1. The van der Waals surface area contributed by atoms with Crippen LogP contribution in [0.1, 0.15) is 33.3 Å². The van der Waals surface area contributed by atoms with E-state index in [2.05, 4.69) is 9.46 Å². The van der Waals surface area contributed by atoms with Crippen molar-refractivity contribution < 1.29 is 35.9 Å². The third kappa shape index (κ3) is 5.56. The maximum absolute atomic E-state index is 12.6. The van der Waals surface area contributed by atoms with Crippen LogP contribution in [0.15, 0.2) is 28.5 Å². The number of nitrogens with zero attached hydrogens (tertiary/aromatic N) is 1. The number of ether oxygens (including phenoxy) is 2. The van der Waals surface area contributed by atoms with Gasteiger partial charge >= 0.3 is 12.3 Å². The smallest absolute Gasteiger partial charge is 0.465 e. The summed E-state index contributed by atoms with van der Waals surface area (Å²) in [5.74, 6) is -0.987. The third-order valence-electron chi connectivity index (χ3n) is 4.63. The minimum Gasteiger partial charge on any atom is -0.465 e. The molecule has 0 radical (unpaired) electrons. The van der Waals surface area contributed by atoms with Crippen molar-refractivity contribution in [2.75, 3.05) is 20.2 Å². The van der Waals surface area contributed by atoms with Crippen molar-refractivity contribution in [2.45, 2.75) is 37.0 Å². The Bertz CT molecular complexity index is 1050. The summed E-state index contributed by atoms with van der Waals surface area (Å²) in [5.41, 5.74) is 1.53. The molecule has 170 valence electrons. The Morgan fingerprint density at radius 3 is 2.52 bits per heavy atom. The average molecular weight is 479 g/mol. The quantitative estimate of drug-likeness (QED) is 0.615. The van der Waals surface area contributed by atoms with Gasteiger partial charge in [-0.3, -0.25) is 4.90 Å². The summed E-state index contributed by atoms with van der Waals surface area (Å²) in [4.78, 5) is 15.1. The van der Waals surface area contributed by atoms with Crippen LogP contribution in [0.2, 0.25) is 0 Å². The molecule has 0 unspecified atom stereocenters. The minimum absolute atomic E-state index is 0.0540. The third-order valence-corrected chi connectivity index (χ3v) is 7.92. The summed E-state index contributed by atoms with van der Waals surface area (Å²) in [7, 11) is -2.64. The van der Waals surface area contributed by atoms with Crippen molar-refractivity contribution >= 4 is 27.3 Å². The lowest BCUT2D eigenvalue weighted by Crippen LogP contribution is -2.30. The van der Waals surface area contributed by atoms with Crippen molar-refractivity contribution in [3.63, 3.8) is 0 Å². The van der Waals surface area contributed by atoms with Crippen LogP contribution < -0.4 is 9.46 Å². The number of hydrogen-bond donors (Lipinski definition) is 1. The van der Waals surface area contributed by atoms with Gasteiger partial charge < -0.3 is 9.47 Å². The predicted molar refractivity (Wildman–Crippen MR) is 107 cm³/mol. The second-order valence-corrected chi connectivity index (χ2v) is 9.88. The van der Waals surface area contributed by atoms with Crippen molar-refractivity contribution in [1.82, 2.24) is 9.62 Å². The number of alkyl halides is 3. The topological polar surface area (TPSA) is 84.9 Å². The Hall–Kier alpha value is -2.15. The van der Waals surface area contributed by atoms with Crippen LogP contribution >= 0.6 is 11.3 Å². The molecule has 1 aliphatic rings. The second-order valence-electron chi connectivity index (χ2n) is 6.81. The predicted octanol–water partition coefficient (Wildman–Crippen LogP) is 3.29. The lowest BCUT2D eigenvalue weighted by Gasteiger charge is -2.27. The van der Waals surface area contributed by atoms with Gasteiger partial charge in [-0.1, -0.05) is 19.1 Å². The molecule has 2 aromatic rings. The summed E-state index contributed by atoms with van der Waals surface area (Å²) >= 11 is 1.04. The Labute approximate surface area is 181 Å². The summed E-state index contributed by atoms with van der Waals surface area (Å²) in [5, 5.41) is 0. The van der Waals surface area contributed by atoms with E-state index in [4.69, 9.17) is 4.74 Å². The molecule has 1 aromatic carbocycles. The number of sulfonamides is 1. The highest BCUT2D eigenvalue weighted by Crippen LogP contribution is 2.37. The molecule has 0 atom stereocenters. The number of fused-ring (bicyclic) bond motifs is 1. The SMILES string of the molecule is CCNS(=O)(=O)c1sc2c(c1C(=O)OC)CCN(Cc1ccc(OC(F)(F)F)cc1)C2. The van der Waals surface area contributed by atoms with Gasteiger partial charge in [0.15, 0.2) is 0 Å². The molecule has 0 fully saturated rings. The Morgan fingerprint density at radius 2 is 1.94 bits per heavy atom. The fourth-order valence-corrected chi connectivity index (χ4v) is 6.39. The van der Waals surface area contributed by atoms with E-state index in [9.17, 15) is 26.4 Å². The first kappa shape index (κ1) is 23.5. The van der Waals surface area contributed by atoms with E-state index in [1.165, 1.54) is 19.2 Å². The van der Waals surface area contributed by atoms with E-state index in [0.717, 1.165) is 21.8 Å². The largest absolute Gasteiger partial charge is 0.573 e. The summed E-state index contributed by atoms with van der Waals surface area (Å²) in [6.07, 6.45) is -4.29. The molecule has 12 heteroatoms. The summed E-state index contributed by atoms with van der Waals surface area (Å²) < 4.78 is 73.1. The van der Waals surface area contributed by atoms with Crippen LogP contribution in [-0.2, 0) is 34.3 Å². The molecule has 0 amide bonds.